The first-order valence-corrected chi connectivity index (χ1v) is 10.8. The van der Waals surface area contributed by atoms with Crippen LogP contribution >= 0.6 is 0 Å². The van der Waals surface area contributed by atoms with Crippen LogP contribution in [0.15, 0.2) is 0 Å². The van der Waals surface area contributed by atoms with Crippen LogP contribution in [0, 0.1) is 29.1 Å². The molecule has 4 bridgehead atoms. The largest absolute Gasteiger partial charge is 0.369 e. The molecule has 0 aromatic rings. The van der Waals surface area contributed by atoms with E-state index >= 15 is 0 Å². The molecule has 0 unspecified atom stereocenters. The van der Waals surface area contributed by atoms with Gasteiger partial charge in [0.15, 0.2) is 0 Å². The second-order valence-electron chi connectivity index (χ2n) is 10.3. The Morgan fingerprint density at radius 2 is 1.46 bits per heavy atom. The molecule has 2 heterocycles. The minimum atomic E-state index is -0.148. The maximum absolute atomic E-state index is 12.9. The first kappa shape index (κ1) is 17.0. The van der Waals surface area contributed by atoms with Crippen molar-refractivity contribution < 1.29 is 9.59 Å². The Balaban J connectivity index is 1.12. The Labute approximate surface area is 156 Å². The lowest BCUT2D eigenvalue weighted by molar-refractivity contribution is -0.147. The van der Waals surface area contributed by atoms with Gasteiger partial charge in [-0.1, -0.05) is 0 Å². The van der Waals surface area contributed by atoms with Crippen molar-refractivity contribution in [2.45, 2.75) is 63.8 Å². The number of carbonyl (C=O) groups is 2. The van der Waals surface area contributed by atoms with Crippen molar-refractivity contribution in [3.8, 4) is 0 Å². The number of piperidine rings is 1. The van der Waals surface area contributed by atoms with E-state index in [1.54, 1.807) is 0 Å². The first-order valence-electron chi connectivity index (χ1n) is 10.8. The Hall–Kier alpha value is -1.10. The maximum atomic E-state index is 12.9. The molecule has 5 nitrogen and oxygen atoms in total. The van der Waals surface area contributed by atoms with Gasteiger partial charge in [-0.05, 0) is 87.6 Å². The number of hydrogen-bond acceptors (Lipinski definition) is 3. The zero-order valence-corrected chi connectivity index (χ0v) is 15.9. The third-order valence-corrected chi connectivity index (χ3v) is 8.35. The molecule has 6 rings (SSSR count). The molecule has 2 saturated heterocycles. The minimum Gasteiger partial charge on any atom is -0.369 e. The second kappa shape index (κ2) is 6.22. The van der Waals surface area contributed by atoms with E-state index in [4.69, 9.17) is 5.73 Å². The molecule has 26 heavy (non-hydrogen) atoms. The van der Waals surface area contributed by atoms with Gasteiger partial charge in [-0.15, -0.1) is 0 Å². The van der Waals surface area contributed by atoms with E-state index in [0.29, 0.717) is 17.4 Å². The third-order valence-electron chi connectivity index (χ3n) is 8.35. The summed E-state index contributed by atoms with van der Waals surface area (Å²) in [6.07, 6.45) is 10.9. The van der Waals surface area contributed by atoms with E-state index in [1.165, 1.54) is 38.5 Å². The molecule has 0 spiro atoms. The molecule has 6 fully saturated rings. The second-order valence-corrected chi connectivity index (χ2v) is 10.3. The Morgan fingerprint density at radius 3 is 1.96 bits per heavy atom. The quantitative estimate of drug-likeness (QED) is 0.835. The summed E-state index contributed by atoms with van der Waals surface area (Å²) in [6.45, 7) is 3.70. The van der Waals surface area contributed by atoms with Crippen LogP contribution in [0.25, 0.3) is 0 Å². The molecule has 5 heteroatoms. The molecule has 4 aliphatic carbocycles. The van der Waals surface area contributed by atoms with Gasteiger partial charge in [0.1, 0.15) is 0 Å². The first-order chi connectivity index (χ1) is 12.5. The predicted octanol–water partition coefficient (Wildman–Crippen LogP) is 2.00. The van der Waals surface area contributed by atoms with Crippen molar-refractivity contribution >= 4 is 11.8 Å². The number of nitrogens with two attached hydrogens (primary N) is 1. The van der Waals surface area contributed by atoms with Crippen molar-refractivity contribution in [3.63, 3.8) is 0 Å². The molecule has 4 saturated carbocycles. The van der Waals surface area contributed by atoms with Crippen molar-refractivity contribution in [2.24, 2.45) is 34.8 Å². The van der Waals surface area contributed by atoms with Gasteiger partial charge in [0, 0.05) is 31.5 Å². The average molecular weight is 360 g/mol. The summed E-state index contributed by atoms with van der Waals surface area (Å²) in [7, 11) is 0. The summed E-state index contributed by atoms with van der Waals surface area (Å²) >= 11 is 0. The normalized spacial score (nSPS) is 40.6. The number of amides is 2. The van der Waals surface area contributed by atoms with Gasteiger partial charge >= 0.3 is 0 Å². The number of rotatable bonds is 4. The summed E-state index contributed by atoms with van der Waals surface area (Å²) in [5.74, 6) is 3.08. The fraction of sp³-hybridized carbons (Fsp3) is 0.905. The van der Waals surface area contributed by atoms with Crippen LogP contribution in [-0.2, 0) is 9.59 Å². The number of nitrogens with zero attached hydrogens (tertiary/aromatic N) is 2. The van der Waals surface area contributed by atoms with Gasteiger partial charge in [-0.25, -0.2) is 0 Å². The zero-order valence-electron chi connectivity index (χ0n) is 15.9. The lowest BCUT2D eigenvalue weighted by Crippen LogP contribution is -2.63. The monoisotopic (exact) mass is 359 g/mol. The highest BCUT2D eigenvalue weighted by Gasteiger charge is 2.52. The Bertz CT molecular complexity index is 555. The fourth-order valence-electron chi connectivity index (χ4n) is 7.38. The fourth-order valence-corrected chi connectivity index (χ4v) is 7.38. The van der Waals surface area contributed by atoms with Crippen molar-refractivity contribution in [2.75, 3.05) is 26.2 Å². The van der Waals surface area contributed by atoms with Gasteiger partial charge in [-0.3, -0.25) is 14.5 Å². The minimum absolute atomic E-state index is 0.0557. The number of primary amides is 1. The molecular weight excluding hydrogens is 326 g/mol. The van der Waals surface area contributed by atoms with Crippen molar-refractivity contribution in [3.05, 3.63) is 0 Å². The van der Waals surface area contributed by atoms with Crippen LogP contribution in [0.2, 0.25) is 0 Å². The topological polar surface area (TPSA) is 66.6 Å². The van der Waals surface area contributed by atoms with Crippen LogP contribution in [0.3, 0.4) is 0 Å². The van der Waals surface area contributed by atoms with E-state index in [-0.39, 0.29) is 11.8 Å². The average Bonchev–Trinajstić information content (AvgIpc) is 2.52. The lowest BCUT2D eigenvalue weighted by Gasteiger charge is -2.57. The Morgan fingerprint density at radius 1 is 0.923 bits per heavy atom. The third kappa shape index (κ3) is 2.96. The van der Waals surface area contributed by atoms with Crippen LogP contribution in [0.4, 0.5) is 0 Å². The molecule has 2 amide bonds. The molecule has 6 aliphatic rings. The van der Waals surface area contributed by atoms with E-state index in [2.05, 4.69) is 9.80 Å². The van der Waals surface area contributed by atoms with Gasteiger partial charge in [0.25, 0.3) is 0 Å². The SMILES string of the molecule is NC(=O)C1CCN(C2CN(C(=O)CC34CC5CC(CC(C5)C3)C4)C2)CC1. The van der Waals surface area contributed by atoms with Crippen LogP contribution in [0.5, 0.6) is 0 Å². The van der Waals surface area contributed by atoms with E-state index in [9.17, 15) is 9.59 Å². The summed E-state index contributed by atoms with van der Waals surface area (Å²) in [5, 5.41) is 0. The van der Waals surface area contributed by atoms with Gasteiger partial charge in [0.2, 0.25) is 11.8 Å². The number of hydrogen-bond donors (Lipinski definition) is 1. The molecule has 0 aromatic carbocycles. The summed E-state index contributed by atoms with van der Waals surface area (Å²) in [5.41, 5.74) is 5.79. The standard InChI is InChI=1S/C21H33N3O2/c22-20(26)17-1-3-23(4-2-17)18-12-24(13-18)19(25)11-21-8-14-5-15(9-21)7-16(6-14)10-21/h14-18H,1-13H2,(H2,22,26). The molecule has 2 aliphatic heterocycles. The highest BCUT2D eigenvalue weighted by atomic mass is 16.2. The van der Waals surface area contributed by atoms with Gasteiger partial charge in [-0.2, -0.15) is 0 Å². The smallest absolute Gasteiger partial charge is 0.223 e. The molecule has 144 valence electrons. The predicted molar refractivity (Wildman–Crippen MR) is 99.1 cm³/mol. The van der Waals surface area contributed by atoms with Crippen molar-refractivity contribution in [1.82, 2.24) is 9.80 Å². The van der Waals surface area contributed by atoms with Crippen LogP contribution in [0.1, 0.15) is 57.8 Å². The van der Waals surface area contributed by atoms with E-state index < -0.39 is 0 Å². The van der Waals surface area contributed by atoms with Crippen LogP contribution in [-0.4, -0.2) is 53.8 Å². The number of carbonyl (C=O) groups excluding carboxylic acids is 2. The van der Waals surface area contributed by atoms with E-state index in [1.807, 2.05) is 0 Å². The van der Waals surface area contributed by atoms with Gasteiger partial charge in [0.05, 0.1) is 0 Å². The highest BCUT2D eigenvalue weighted by Crippen LogP contribution is 2.61. The van der Waals surface area contributed by atoms with Crippen LogP contribution < -0.4 is 5.73 Å². The number of likely N-dealkylation sites (tertiary alicyclic amines) is 2. The van der Waals surface area contributed by atoms with E-state index in [0.717, 1.165) is 63.2 Å². The zero-order chi connectivity index (χ0) is 17.9. The molecular formula is C21H33N3O2. The van der Waals surface area contributed by atoms with Gasteiger partial charge < -0.3 is 10.6 Å². The molecule has 0 radical (unpaired) electrons. The summed E-state index contributed by atoms with van der Waals surface area (Å²) < 4.78 is 0. The highest BCUT2D eigenvalue weighted by molar-refractivity contribution is 5.78. The molecule has 2 N–H and O–H groups in total. The summed E-state index contributed by atoms with van der Waals surface area (Å²) in [4.78, 5) is 28.8. The Kier molecular flexibility index (Phi) is 4.07. The molecule has 0 aromatic heterocycles. The molecule has 0 atom stereocenters. The lowest BCUT2D eigenvalue weighted by atomic mass is 9.49. The van der Waals surface area contributed by atoms with Crippen molar-refractivity contribution in [1.29, 1.82) is 0 Å². The summed E-state index contributed by atoms with van der Waals surface area (Å²) in [6, 6.07) is 0.504. The maximum Gasteiger partial charge on any atom is 0.223 e.